The Hall–Kier alpha value is -2.37. The third-order valence-electron chi connectivity index (χ3n) is 6.16. The zero-order valence-electron chi connectivity index (χ0n) is 16.5. The lowest BCUT2D eigenvalue weighted by atomic mass is 9.72. The first kappa shape index (κ1) is 19.0. The molecule has 1 heterocycles. The average molecular weight is 380 g/mol. The molecule has 1 aliphatic carbocycles. The fraction of sp³-hybridized carbons (Fsp3) is 0.435. The first-order chi connectivity index (χ1) is 13.7. The van der Waals surface area contributed by atoms with Crippen LogP contribution in [-0.2, 0) is 10.2 Å². The normalized spacial score (nSPS) is 22.6. The summed E-state index contributed by atoms with van der Waals surface area (Å²) in [6.07, 6.45) is 1.95. The van der Waals surface area contributed by atoms with E-state index >= 15 is 0 Å². The summed E-state index contributed by atoms with van der Waals surface area (Å²) in [4.78, 5) is 13.2. The number of nitrogens with one attached hydrogen (secondary N) is 2. The average Bonchev–Trinajstić information content (AvgIpc) is 2.98. The molecule has 2 atom stereocenters. The maximum absolute atomic E-state index is 13.2. The number of hydrogen-bond donors (Lipinski definition) is 2. The Morgan fingerprint density at radius 2 is 1.86 bits per heavy atom. The fourth-order valence-corrected chi connectivity index (χ4v) is 4.92. The second kappa shape index (κ2) is 7.94. The number of rotatable bonds is 5. The zero-order valence-corrected chi connectivity index (χ0v) is 16.5. The monoisotopic (exact) mass is 380 g/mol. The number of piperidine rings is 1. The van der Waals surface area contributed by atoms with Crippen LogP contribution in [0.3, 0.4) is 0 Å². The van der Waals surface area contributed by atoms with Gasteiger partial charge in [0.25, 0.3) is 5.91 Å². The van der Waals surface area contributed by atoms with Gasteiger partial charge in [0.2, 0.25) is 0 Å². The fourth-order valence-electron chi connectivity index (χ4n) is 4.92. The first-order valence-corrected chi connectivity index (χ1v) is 10.1. The van der Waals surface area contributed by atoms with Crippen molar-refractivity contribution >= 4 is 5.91 Å². The molecule has 0 saturated carbocycles. The second-order valence-corrected chi connectivity index (χ2v) is 7.52. The quantitative estimate of drug-likeness (QED) is 0.836. The number of para-hydroxylation sites is 1. The Balaban J connectivity index is 1.72. The van der Waals surface area contributed by atoms with Gasteiger partial charge in [0.1, 0.15) is 5.75 Å². The van der Waals surface area contributed by atoms with E-state index in [0.717, 1.165) is 25.9 Å². The predicted octanol–water partition coefficient (Wildman–Crippen LogP) is 3.21. The zero-order chi connectivity index (χ0) is 19.6. The number of ether oxygens (including phenoxy) is 2. The smallest absolute Gasteiger partial charge is 0.255 e. The highest BCUT2D eigenvalue weighted by Crippen LogP contribution is 2.51. The van der Waals surface area contributed by atoms with Crippen LogP contribution >= 0.6 is 0 Å². The lowest BCUT2D eigenvalue weighted by Crippen LogP contribution is -2.49. The van der Waals surface area contributed by atoms with Crippen LogP contribution in [0.4, 0.5) is 0 Å². The molecule has 0 radical (unpaired) electrons. The molecule has 1 amide bonds. The van der Waals surface area contributed by atoms with Crippen LogP contribution in [-0.4, -0.2) is 38.8 Å². The van der Waals surface area contributed by atoms with Gasteiger partial charge in [-0.25, -0.2) is 0 Å². The molecule has 2 aromatic rings. The molecule has 4 rings (SSSR count). The van der Waals surface area contributed by atoms with Gasteiger partial charge in [-0.05, 0) is 56.1 Å². The maximum Gasteiger partial charge on any atom is 0.255 e. The Labute approximate surface area is 166 Å². The van der Waals surface area contributed by atoms with E-state index in [-0.39, 0.29) is 23.5 Å². The lowest BCUT2D eigenvalue weighted by molar-refractivity contribution is -0.0208. The van der Waals surface area contributed by atoms with Crippen molar-refractivity contribution in [1.29, 1.82) is 0 Å². The highest BCUT2D eigenvalue weighted by atomic mass is 16.5. The minimum atomic E-state index is -0.174. The van der Waals surface area contributed by atoms with Gasteiger partial charge in [-0.15, -0.1) is 0 Å². The van der Waals surface area contributed by atoms with Crippen LogP contribution in [0.2, 0.25) is 0 Å². The minimum Gasteiger partial charge on any atom is -0.496 e. The molecule has 0 aromatic heterocycles. The summed E-state index contributed by atoms with van der Waals surface area (Å²) < 4.78 is 11.7. The molecular weight excluding hydrogens is 352 g/mol. The molecule has 2 aromatic carbocycles. The van der Waals surface area contributed by atoms with E-state index in [2.05, 4.69) is 28.8 Å². The summed E-state index contributed by atoms with van der Waals surface area (Å²) in [7, 11) is 1.59. The summed E-state index contributed by atoms with van der Waals surface area (Å²) in [6.45, 7) is 4.57. The van der Waals surface area contributed by atoms with Gasteiger partial charge >= 0.3 is 0 Å². The number of carbonyl (C=O) groups excluding carboxylic acids is 1. The van der Waals surface area contributed by atoms with Gasteiger partial charge in [-0.2, -0.15) is 0 Å². The number of methoxy groups -OCH3 is 1. The van der Waals surface area contributed by atoms with E-state index in [1.54, 1.807) is 13.2 Å². The summed E-state index contributed by atoms with van der Waals surface area (Å²) in [5.41, 5.74) is 2.98. The van der Waals surface area contributed by atoms with Crippen LogP contribution in [0.25, 0.3) is 0 Å². The van der Waals surface area contributed by atoms with Crippen LogP contribution in [0.15, 0.2) is 48.5 Å². The van der Waals surface area contributed by atoms with E-state index in [4.69, 9.17) is 9.47 Å². The van der Waals surface area contributed by atoms with Crippen LogP contribution in [0, 0.1) is 0 Å². The Morgan fingerprint density at radius 1 is 1.14 bits per heavy atom. The lowest BCUT2D eigenvalue weighted by Gasteiger charge is -2.41. The summed E-state index contributed by atoms with van der Waals surface area (Å²) in [5.74, 6) is 0.448. The largest absolute Gasteiger partial charge is 0.496 e. The van der Waals surface area contributed by atoms with Crippen molar-refractivity contribution in [1.82, 2.24) is 10.6 Å². The molecular formula is C23H28N2O3. The summed E-state index contributed by atoms with van der Waals surface area (Å²) in [5, 5.41) is 6.73. The first-order valence-electron chi connectivity index (χ1n) is 10.1. The molecule has 28 heavy (non-hydrogen) atoms. The van der Waals surface area contributed by atoms with Gasteiger partial charge in [-0.3, -0.25) is 4.79 Å². The van der Waals surface area contributed by atoms with Gasteiger partial charge in [0.15, 0.2) is 0 Å². The van der Waals surface area contributed by atoms with E-state index in [1.807, 2.05) is 31.2 Å². The van der Waals surface area contributed by atoms with Crippen molar-refractivity contribution in [3.63, 3.8) is 0 Å². The summed E-state index contributed by atoms with van der Waals surface area (Å²) in [6, 6.07) is 15.6. The van der Waals surface area contributed by atoms with E-state index < -0.39 is 0 Å². The van der Waals surface area contributed by atoms with Crippen molar-refractivity contribution in [2.75, 3.05) is 26.8 Å². The van der Waals surface area contributed by atoms with Crippen LogP contribution in [0.1, 0.15) is 47.3 Å². The standard InChI is InChI=1S/C23H28N2O3/c1-3-28-21-20(25-22(26)17-9-5-7-11-19(17)27-2)16-8-4-6-10-18(16)23(21)12-14-24-15-13-23/h4-11,20-21,24H,3,12-15H2,1-2H3,(H,25,26)/t20-,21+/m1/s1. The van der Waals surface area contributed by atoms with E-state index in [1.165, 1.54) is 11.1 Å². The molecule has 5 heteroatoms. The molecule has 0 unspecified atom stereocenters. The highest BCUT2D eigenvalue weighted by Gasteiger charge is 2.53. The summed E-state index contributed by atoms with van der Waals surface area (Å²) >= 11 is 0. The molecule has 2 N–H and O–H groups in total. The molecule has 1 spiro atoms. The minimum absolute atomic E-state index is 0.0590. The third-order valence-corrected chi connectivity index (χ3v) is 6.16. The Kier molecular flexibility index (Phi) is 5.38. The van der Waals surface area contributed by atoms with Crippen molar-refractivity contribution < 1.29 is 14.3 Å². The van der Waals surface area contributed by atoms with Gasteiger partial charge in [-0.1, -0.05) is 36.4 Å². The van der Waals surface area contributed by atoms with Crippen LogP contribution < -0.4 is 15.4 Å². The maximum atomic E-state index is 13.2. The highest BCUT2D eigenvalue weighted by molar-refractivity contribution is 5.97. The third kappa shape index (κ3) is 3.09. The molecule has 148 valence electrons. The van der Waals surface area contributed by atoms with Gasteiger partial charge in [0, 0.05) is 12.0 Å². The Morgan fingerprint density at radius 3 is 2.61 bits per heavy atom. The van der Waals surface area contributed by atoms with Crippen molar-refractivity contribution in [3.8, 4) is 5.75 Å². The number of benzene rings is 2. The predicted molar refractivity (Wildman–Crippen MR) is 109 cm³/mol. The molecule has 1 fully saturated rings. The Bertz CT molecular complexity index is 845. The molecule has 2 aliphatic rings. The van der Waals surface area contributed by atoms with Crippen LogP contribution in [0.5, 0.6) is 5.75 Å². The molecule has 1 aliphatic heterocycles. The number of carbonyl (C=O) groups is 1. The number of amides is 1. The molecule has 1 saturated heterocycles. The SMILES string of the molecule is CCO[C@H]1[C@H](NC(=O)c2ccccc2OC)c2ccccc2C12CCNCC2. The van der Waals surface area contributed by atoms with Crippen molar-refractivity contribution in [2.45, 2.75) is 37.3 Å². The topological polar surface area (TPSA) is 59.6 Å². The van der Waals surface area contributed by atoms with Gasteiger partial charge in [0.05, 0.1) is 24.8 Å². The van der Waals surface area contributed by atoms with E-state index in [9.17, 15) is 4.79 Å². The van der Waals surface area contributed by atoms with E-state index in [0.29, 0.717) is 17.9 Å². The molecule has 0 bridgehead atoms. The number of hydrogen-bond acceptors (Lipinski definition) is 4. The van der Waals surface area contributed by atoms with Crippen molar-refractivity contribution in [3.05, 3.63) is 65.2 Å². The number of fused-ring (bicyclic) bond motifs is 2. The van der Waals surface area contributed by atoms with Crippen molar-refractivity contribution in [2.24, 2.45) is 0 Å². The molecule has 5 nitrogen and oxygen atoms in total. The second-order valence-electron chi connectivity index (χ2n) is 7.52. The van der Waals surface area contributed by atoms with Gasteiger partial charge < -0.3 is 20.1 Å².